The minimum atomic E-state index is -0.801. The van der Waals surface area contributed by atoms with Crippen LogP contribution >= 0.6 is 15.9 Å². The van der Waals surface area contributed by atoms with Crippen LogP contribution in [0.4, 0.5) is 5.69 Å². The number of anilines is 1. The Morgan fingerprint density at radius 3 is 2.32 bits per heavy atom. The molecule has 0 fully saturated rings. The quantitative estimate of drug-likeness (QED) is 0.939. The highest BCUT2D eigenvalue weighted by atomic mass is 79.9. The number of amides is 1. The maximum absolute atomic E-state index is 12.1. The summed E-state index contributed by atoms with van der Waals surface area (Å²) in [5.74, 6) is -1.12. The molecule has 1 amide bonds. The van der Waals surface area contributed by atoms with Crippen LogP contribution in [-0.2, 0) is 4.79 Å². The average molecular weight is 315 g/mol. The maximum Gasteiger partial charge on any atom is 0.246 e. The second-order valence-corrected chi connectivity index (χ2v) is 4.88. The normalized spacial score (nSPS) is 11.4. The number of benzene rings is 2. The molecule has 19 heavy (non-hydrogen) atoms. The Kier molecular flexibility index (Phi) is 4.32. The van der Waals surface area contributed by atoms with E-state index >= 15 is 0 Å². The molecule has 2 aromatic rings. The van der Waals surface area contributed by atoms with Crippen LogP contribution in [0.5, 0.6) is 0 Å². The standard InChI is InChI=1S/C15H11BrN2O/c16-12-6-8-13(9-7-12)18-15(19)14(10-17)11-4-2-1-3-5-11/h1-9,14H,(H,18,19). The number of nitriles is 1. The van der Waals surface area contributed by atoms with E-state index in [0.29, 0.717) is 11.3 Å². The van der Waals surface area contributed by atoms with Crippen molar-refractivity contribution >= 4 is 27.5 Å². The van der Waals surface area contributed by atoms with Crippen molar-refractivity contribution in [2.24, 2.45) is 0 Å². The number of nitrogens with one attached hydrogen (secondary N) is 1. The molecule has 0 spiro atoms. The van der Waals surface area contributed by atoms with Crippen LogP contribution < -0.4 is 5.32 Å². The Labute approximate surface area is 120 Å². The lowest BCUT2D eigenvalue weighted by Gasteiger charge is -2.10. The third-order valence-electron chi connectivity index (χ3n) is 2.64. The van der Waals surface area contributed by atoms with Gasteiger partial charge in [-0.15, -0.1) is 0 Å². The molecule has 0 saturated heterocycles. The van der Waals surface area contributed by atoms with Crippen LogP contribution in [0.3, 0.4) is 0 Å². The van der Waals surface area contributed by atoms with Crippen LogP contribution in [0.1, 0.15) is 11.5 Å². The molecule has 1 atom stereocenters. The van der Waals surface area contributed by atoms with Crippen molar-refractivity contribution in [1.82, 2.24) is 0 Å². The van der Waals surface area contributed by atoms with Gasteiger partial charge in [-0.25, -0.2) is 0 Å². The van der Waals surface area contributed by atoms with E-state index in [9.17, 15) is 4.79 Å². The van der Waals surface area contributed by atoms with Gasteiger partial charge in [0.25, 0.3) is 0 Å². The summed E-state index contributed by atoms with van der Waals surface area (Å²) < 4.78 is 0.936. The van der Waals surface area contributed by atoms with E-state index in [0.717, 1.165) is 4.47 Å². The summed E-state index contributed by atoms with van der Waals surface area (Å²) in [4.78, 5) is 12.1. The van der Waals surface area contributed by atoms with Gasteiger partial charge in [-0.2, -0.15) is 5.26 Å². The van der Waals surface area contributed by atoms with E-state index in [4.69, 9.17) is 5.26 Å². The zero-order valence-corrected chi connectivity index (χ0v) is 11.6. The first-order valence-corrected chi connectivity index (χ1v) is 6.51. The van der Waals surface area contributed by atoms with Gasteiger partial charge in [0, 0.05) is 10.2 Å². The highest BCUT2D eigenvalue weighted by Crippen LogP contribution is 2.19. The Hall–Kier alpha value is -2.12. The smallest absolute Gasteiger partial charge is 0.246 e. The van der Waals surface area contributed by atoms with Crippen LogP contribution in [0.25, 0.3) is 0 Å². The summed E-state index contributed by atoms with van der Waals surface area (Å²) in [5, 5.41) is 11.9. The molecule has 0 bridgehead atoms. The lowest BCUT2D eigenvalue weighted by molar-refractivity contribution is -0.116. The van der Waals surface area contributed by atoms with E-state index in [1.807, 2.05) is 36.4 Å². The highest BCUT2D eigenvalue weighted by molar-refractivity contribution is 9.10. The summed E-state index contributed by atoms with van der Waals surface area (Å²) >= 11 is 3.33. The van der Waals surface area contributed by atoms with Crippen LogP contribution in [-0.4, -0.2) is 5.91 Å². The van der Waals surface area contributed by atoms with Gasteiger partial charge in [0.15, 0.2) is 5.92 Å². The average Bonchev–Trinajstić information content (AvgIpc) is 2.43. The summed E-state index contributed by atoms with van der Waals surface area (Å²) in [5.41, 5.74) is 1.36. The molecule has 0 aliphatic rings. The zero-order chi connectivity index (χ0) is 13.7. The molecule has 0 aliphatic carbocycles. The van der Waals surface area contributed by atoms with Crippen molar-refractivity contribution in [3.63, 3.8) is 0 Å². The number of carbonyl (C=O) groups is 1. The molecule has 0 radical (unpaired) electrons. The lowest BCUT2D eigenvalue weighted by atomic mass is 10.00. The minimum absolute atomic E-state index is 0.323. The van der Waals surface area contributed by atoms with E-state index in [1.165, 1.54) is 0 Å². The van der Waals surface area contributed by atoms with Crippen molar-refractivity contribution in [3.05, 3.63) is 64.6 Å². The maximum atomic E-state index is 12.1. The van der Waals surface area contributed by atoms with Crippen molar-refractivity contribution in [2.75, 3.05) is 5.32 Å². The molecule has 0 aromatic heterocycles. The Bertz CT molecular complexity index is 602. The highest BCUT2D eigenvalue weighted by Gasteiger charge is 2.19. The first-order chi connectivity index (χ1) is 9.20. The Morgan fingerprint density at radius 1 is 1.11 bits per heavy atom. The molecule has 0 heterocycles. The molecule has 1 N–H and O–H groups in total. The number of hydrogen-bond acceptors (Lipinski definition) is 2. The molecule has 1 unspecified atom stereocenters. The number of halogens is 1. The molecule has 2 aromatic carbocycles. The molecule has 2 rings (SSSR count). The molecule has 0 saturated carbocycles. The molecule has 3 nitrogen and oxygen atoms in total. The zero-order valence-electron chi connectivity index (χ0n) is 10.0. The fourth-order valence-corrected chi connectivity index (χ4v) is 1.94. The second-order valence-electron chi connectivity index (χ2n) is 3.97. The fourth-order valence-electron chi connectivity index (χ4n) is 1.68. The fraction of sp³-hybridized carbons (Fsp3) is 0.0667. The third kappa shape index (κ3) is 3.43. The second kappa shape index (κ2) is 6.17. The molecular formula is C15H11BrN2O. The number of hydrogen-bond donors (Lipinski definition) is 1. The minimum Gasteiger partial charge on any atom is -0.325 e. The van der Waals surface area contributed by atoms with Crippen molar-refractivity contribution in [1.29, 1.82) is 5.26 Å². The summed E-state index contributed by atoms with van der Waals surface area (Å²) in [6.45, 7) is 0. The SMILES string of the molecule is N#CC(C(=O)Nc1ccc(Br)cc1)c1ccccc1. The van der Waals surface area contributed by atoms with Gasteiger partial charge in [-0.05, 0) is 29.8 Å². The lowest BCUT2D eigenvalue weighted by Crippen LogP contribution is -2.19. The number of nitrogens with zero attached hydrogens (tertiary/aromatic N) is 1. The van der Waals surface area contributed by atoms with Crippen molar-refractivity contribution in [2.45, 2.75) is 5.92 Å². The molecular weight excluding hydrogens is 304 g/mol. The van der Waals surface area contributed by atoms with Crippen LogP contribution in [0.15, 0.2) is 59.1 Å². The van der Waals surface area contributed by atoms with Crippen molar-refractivity contribution < 1.29 is 4.79 Å². The topological polar surface area (TPSA) is 52.9 Å². The Morgan fingerprint density at radius 2 is 1.74 bits per heavy atom. The Balaban J connectivity index is 2.14. The van der Waals surface area contributed by atoms with Gasteiger partial charge in [0.1, 0.15) is 0 Å². The summed E-state index contributed by atoms with van der Waals surface area (Å²) in [6.07, 6.45) is 0. The van der Waals surface area contributed by atoms with E-state index < -0.39 is 5.92 Å². The largest absolute Gasteiger partial charge is 0.325 e. The summed E-state index contributed by atoms with van der Waals surface area (Å²) in [7, 11) is 0. The van der Waals surface area contributed by atoms with Gasteiger partial charge >= 0.3 is 0 Å². The van der Waals surface area contributed by atoms with E-state index in [1.54, 1.807) is 24.3 Å². The van der Waals surface area contributed by atoms with Crippen LogP contribution in [0, 0.1) is 11.3 Å². The predicted molar refractivity (Wildman–Crippen MR) is 77.6 cm³/mol. The first kappa shape index (κ1) is 13.3. The summed E-state index contributed by atoms with van der Waals surface area (Å²) in [6, 6.07) is 18.3. The number of rotatable bonds is 3. The predicted octanol–water partition coefficient (Wildman–Crippen LogP) is 3.69. The van der Waals surface area contributed by atoms with Gasteiger partial charge in [0.05, 0.1) is 6.07 Å². The van der Waals surface area contributed by atoms with Crippen molar-refractivity contribution in [3.8, 4) is 6.07 Å². The monoisotopic (exact) mass is 314 g/mol. The molecule has 94 valence electrons. The third-order valence-corrected chi connectivity index (χ3v) is 3.16. The van der Waals surface area contributed by atoms with Gasteiger partial charge in [-0.3, -0.25) is 4.79 Å². The van der Waals surface area contributed by atoms with Gasteiger partial charge in [0.2, 0.25) is 5.91 Å². The number of carbonyl (C=O) groups excluding carboxylic acids is 1. The molecule has 0 aliphatic heterocycles. The molecule has 4 heteroatoms. The van der Waals surface area contributed by atoms with Crippen LogP contribution in [0.2, 0.25) is 0 Å². The van der Waals surface area contributed by atoms with Gasteiger partial charge in [-0.1, -0.05) is 46.3 Å². The van der Waals surface area contributed by atoms with Gasteiger partial charge < -0.3 is 5.32 Å². The van der Waals surface area contributed by atoms with E-state index in [2.05, 4.69) is 21.2 Å². The van der Waals surface area contributed by atoms with E-state index in [-0.39, 0.29) is 5.91 Å². The first-order valence-electron chi connectivity index (χ1n) is 5.71.